The maximum Gasteiger partial charge on any atom is 0.240 e. The summed E-state index contributed by atoms with van der Waals surface area (Å²) in [7, 11) is 4.03. The van der Waals surface area contributed by atoms with Gasteiger partial charge < -0.3 is 15.2 Å². The number of likely N-dealkylation sites (N-methyl/N-ethyl adjacent to an activating group) is 1. The van der Waals surface area contributed by atoms with E-state index in [4.69, 9.17) is 0 Å². The van der Waals surface area contributed by atoms with Crippen LogP contribution in [0.1, 0.15) is 18.4 Å². The van der Waals surface area contributed by atoms with Gasteiger partial charge in [-0.15, -0.1) is 12.4 Å². The number of H-pyrrole nitrogens is 1. The minimum atomic E-state index is -0.132. The van der Waals surface area contributed by atoms with Crippen molar-refractivity contribution in [3.63, 3.8) is 0 Å². The average molecular weight is 367 g/mol. The van der Waals surface area contributed by atoms with Crippen molar-refractivity contribution < 1.29 is 4.79 Å². The summed E-state index contributed by atoms with van der Waals surface area (Å²) >= 11 is 1.54. The van der Waals surface area contributed by atoms with E-state index in [2.05, 4.69) is 39.2 Å². The highest BCUT2D eigenvalue weighted by Gasteiger charge is 2.36. The Morgan fingerprint density at radius 2 is 2.08 bits per heavy atom. The molecule has 2 aromatic rings. The van der Waals surface area contributed by atoms with Crippen molar-refractivity contribution in [2.45, 2.75) is 18.1 Å². The van der Waals surface area contributed by atoms with Gasteiger partial charge >= 0.3 is 0 Å². The van der Waals surface area contributed by atoms with Crippen LogP contribution in [0.5, 0.6) is 0 Å². The predicted octanol–water partition coefficient (Wildman–Crippen LogP) is 2.84. The number of hydrogen-bond acceptors (Lipinski definition) is 4. The molecule has 0 bridgehead atoms. The molecule has 0 spiro atoms. The van der Waals surface area contributed by atoms with Gasteiger partial charge in [0, 0.05) is 29.6 Å². The maximum atomic E-state index is 12.3. The first kappa shape index (κ1) is 18.8. The smallest absolute Gasteiger partial charge is 0.240 e. The van der Waals surface area contributed by atoms with Crippen molar-refractivity contribution >= 4 is 46.1 Å². The normalized spacial score (nSPS) is 20.4. The fourth-order valence-electron chi connectivity index (χ4n) is 2.77. The van der Waals surface area contributed by atoms with Gasteiger partial charge in [0.1, 0.15) is 0 Å². The second-order valence-electron chi connectivity index (χ2n) is 6.10. The summed E-state index contributed by atoms with van der Waals surface area (Å²) in [6.07, 6.45) is 2.02. The Labute approximate surface area is 152 Å². The van der Waals surface area contributed by atoms with Crippen LogP contribution in [-0.4, -0.2) is 53.4 Å². The molecule has 1 aromatic carbocycles. The molecule has 5 nitrogen and oxygen atoms in total. The molecule has 3 rings (SSSR count). The first-order valence-electron chi connectivity index (χ1n) is 7.79. The van der Waals surface area contributed by atoms with Crippen molar-refractivity contribution in [2.24, 2.45) is 4.99 Å². The molecule has 7 heteroatoms. The van der Waals surface area contributed by atoms with Gasteiger partial charge in [0.15, 0.2) is 5.17 Å². The highest BCUT2D eigenvalue weighted by molar-refractivity contribution is 8.15. The Kier molecular flexibility index (Phi) is 6.32. The summed E-state index contributed by atoms with van der Waals surface area (Å²) < 4.78 is 0. The van der Waals surface area contributed by atoms with Gasteiger partial charge in [0.05, 0.1) is 11.8 Å². The summed E-state index contributed by atoms with van der Waals surface area (Å²) in [5, 5.41) is 4.71. The lowest BCUT2D eigenvalue weighted by Crippen LogP contribution is -2.28. The number of amides is 1. The molecular formula is C17H23ClN4OS. The highest BCUT2D eigenvalue weighted by atomic mass is 35.5. The van der Waals surface area contributed by atoms with Crippen LogP contribution >= 0.6 is 24.2 Å². The van der Waals surface area contributed by atoms with Crippen molar-refractivity contribution in [3.05, 3.63) is 36.0 Å². The highest BCUT2D eigenvalue weighted by Crippen LogP contribution is 2.35. The number of thioether (sulfide) groups is 1. The molecule has 1 saturated heterocycles. The van der Waals surface area contributed by atoms with Gasteiger partial charge in [-0.2, -0.15) is 0 Å². The Hall–Kier alpha value is -1.50. The number of carbonyl (C=O) groups excluding carboxylic acids is 1. The monoisotopic (exact) mass is 366 g/mol. The Balaban J connectivity index is 0.00000208. The standard InChI is InChI=1S/C17H22N4OS.ClH/c1-11(13-10-19-14-7-5-4-6-12(13)14)15-16(22)20-17(23-15)18-8-9-21(2)3;/h4-7,10-11,15,19H,8-9H2,1-3H3,(H,18,20,22);1H/t11-,15+;/m1./s1. The van der Waals surface area contributed by atoms with Gasteiger partial charge in [-0.05, 0) is 25.7 Å². The zero-order valence-electron chi connectivity index (χ0n) is 14.1. The largest absolute Gasteiger partial charge is 0.361 e. The number of rotatable bonds is 5. The van der Waals surface area contributed by atoms with Crippen LogP contribution in [0.15, 0.2) is 35.5 Å². The first-order valence-corrected chi connectivity index (χ1v) is 8.67. The molecule has 130 valence electrons. The fourth-order valence-corrected chi connectivity index (χ4v) is 3.85. The van der Waals surface area contributed by atoms with Crippen LogP contribution in [0.25, 0.3) is 10.9 Å². The van der Waals surface area contributed by atoms with Gasteiger partial charge in [-0.3, -0.25) is 9.79 Å². The predicted molar refractivity (Wildman–Crippen MR) is 104 cm³/mol. The second-order valence-corrected chi connectivity index (χ2v) is 7.23. The van der Waals surface area contributed by atoms with Crippen LogP contribution in [0, 0.1) is 0 Å². The van der Waals surface area contributed by atoms with E-state index in [0.717, 1.165) is 17.2 Å². The molecule has 2 heterocycles. The Morgan fingerprint density at radius 3 is 2.83 bits per heavy atom. The lowest BCUT2D eigenvalue weighted by molar-refractivity contribution is -0.119. The van der Waals surface area contributed by atoms with E-state index in [-0.39, 0.29) is 29.5 Å². The quantitative estimate of drug-likeness (QED) is 0.855. The molecule has 1 aliphatic heterocycles. The number of halogens is 1. The van der Waals surface area contributed by atoms with Crippen molar-refractivity contribution in [1.29, 1.82) is 0 Å². The van der Waals surface area contributed by atoms with Crippen molar-refractivity contribution in [2.75, 3.05) is 27.2 Å². The summed E-state index contributed by atoms with van der Waals surface area (Å²) in [4.78, 5) is 22.2. The van der Waals surface area contributed by atoms with Crippen molar-refractivity contribution in [1.82, 2.24) is 15.2 Å². The topological polar surface area (TPSA) is 60.5 Å². The zero-order valence-corrected chi connectivity index (χ0v) is 15.7. The molecule has 0 aliphatic carbocycles. The van der Waals surface area contributed by atoms with Crippen LogP contribution in [0.4, 0.5) is 0 Å². The molecule has 2 atom stereocenters. The molecule has 1 aromatic heterocycles. The lowest BCUT2D eigenvalue weighted by atomic mass is 9.96. The van der Waals surface area contributed by atoms with Crippen molar-refractivity contribution in [3.8, 4) is 0 Å². The van der Waals surface area contributed by atoms with Gasteiger partial charge in [-0.1, -0.05) is 36.9 Å². The summed E-state index contributed by atoms with van der Waals surface area (Å²) in [6.45, 7) is 3.68. The maximum absolute atomic E-state index is 12.3. The van der Waals surface area contributed by atoms with Crippen LogP contribution in [0.3, 0.4) is 0 Å². The second kappa shape index (κ2) is 8.05. The van der Waals surface area contributed by atoms with E-state index in [0.29, 0.717) is 6.54 Å². The number of aliphatic imine (C=N–C) groups is 1. The third-order valence-corrected chi connectivity index (χ3v) is 5.43. The van der Waals surface area contributed by atoms with Gasteiger partial charge in [0.2, 0.25) is 5.91 Å². The summed E-state index contributed by atoms with van der Waals surface area (Å²) in [5.41, 5.74) is 2.29. The van der Waals surface area contributed by atoms with Gasteiger partial charge in [-0.25, -0.2) is 0 Å². The number of carbonyl (C=O) groups is 1. The molecular weight excluding hydrogens is 344 g/mol. The minimum Gasteiger partial charge on any atom is -0.361 e. The number of amidine groups is 1. The van der Waals surface area contributed by atoms with E-state index in [1.165, 1.54) is 10.9 Å². The molecule has 0 unspecified atom stereocenters. The number of nitrogens with one attached hydrogen (secondary N) is 2. The molecule has 1 amide bonds. The fraction of sp³-hybridized carbons (Fsp3) is 0.412. The number of hydrogen-bond donors (Lipinski definition) is 2. The van der Waals surface area contributed by atoms with E-state index in [1.807, 2.05) is 32.4 Å². The number of benzene rings is 1. The summed E-state index contributed by atoms with van der Waals surface area (Å²) in [5.74, 6) is 0.175. The van der Waals surface area contributed by atoms with Gasteiger partial charge in [0.25, 0.3) is 0 Å². The number of fused-ring (bicyclic) bond motifs is 1. The molecule has 24 heavy (non-hydrogen) atoms. The third kappa shape index (κ3) is 3.94. The van der Waals surface area contributed by atoms with E-state index in [1.54, 1.807) is 11.8 Å². The number of para-hydroxylation sites is 1. The molecule has 0 saturated carbocycles. The van der Waals surface area contributed by atoms with Crippen LogP contribution < -0.4 is 5.32 Å². The molecule has 1 fully saturated rings. The minimum absolute atomic E-state index is 0. The van der Waals surface area contributed by atoms with E-state index in [9.17, 15) is 4.79 Å². The first-order chi connectivity index (χ1) is 11.1. The third-order valence-electron chi connectivity index (χ3n) is 4.10. The molecule has 2 N–H and O–H groups in total. The SMILES string of the molecule is C[C@H](c1c[nH]c2ccccc12)[C@@H]1SC(=NCCN(C)C)NC1=O.Cl. The summed E-state index contributed by atoms with van der Waals surface area (Å²) in [6, 6.07) is 8.20. The number of aromatic nitrogens is 1. The Bertz CT molecular complexity index is 743. The van der Waals surface area contributed by atoms with Crippen LogP contribution in [-0.2, 0) is 4.79 Å². The Morgan fingerprint density at radius 1 is 1.33 bits per heavy atom. The molecule has 0 radical (unpaired) electrons. The zero-order chi connectivity index (χ0) is 16.4. The average Bonchev–Trinajstić information content (AvgIpc) is 3.10. The number of nitrogens with zero attached hydrogens (tertiary/aromatic N) is 2. The number of aromatic amines is 1. The lowest BCUT2D eigenvalue weighted by Gasteiger charge is -2.14. The molecule has 1 aliphatic rings. The van der Waals surface area contributed by atoms with E-state index >= 15 is 0 Å². The van der Waals surface area contributed by atoms with Crippen LogP contribution in [0.2, 0.25) is 0 Å². The van der Waals surface area contributed by atoms with E-state index < -0.39 is 0 Å².